The van der Waals surface area contributed by atoms with E-state index in [1.165, 1.54) is 6.33 Å². The highest BCUT2D eigenvalue weighted by atomic mass is 32.2. The quantitative estimate of drug-likeness (QED) is 0.798. The summed E-state index contributed by atoms with van der Waals surface area (Å²) in [5.74, 6) is 0.106. The zero-order chi connectivity index (χ0) is 13.9. The van der Waals surface area contributed by atoms with E-state index in [2.05, 4.69) is 15.3 Å². The lowest BCUT2D eigenvalue weighted by molar-refractivity contribution is -0.123. The second-order valence-corrected chi connectivity index (χ2v) is 6.68. The summed E-state index contributed by atoms with van der Waals surface area (Å²) < 4.78 is 27.7. The van der Waals surface area contributed by atoms with Crippen molar-refractivity contribution in [3.63, 3.8) is 0 Å². The predicted octanol–water partition coefficient (Wildman–Crippen LogP) is -0.533. The molecule has 8 heteroatoms. The number of nitrogens with one attached hydrogen (secondary N) is 1. The number of carbonyl (C=O) groups excluding carboxylic acids is 1. The van der Waals surface area contributed by atoms with E-state index < -0.39 is 9.84 Å². The molecular formula is C11H15N3O4S. The molecule has 0 aromatic carbocycles. The van der Waals surface area contributed by atoms with E-state index >= 15 is 0 Å². The number of aryl methyl sites for hydroxylation is 1. The fourth-order valence-corrected chi connectivity index (χ4v) is 3.50. The number of hydrogen-bond acceptors (Lipinski definition) is 6. The maximum absolute atomic E-state index is 11.6. The summed E-state index contributed by atoms with van der Waals surface area (Å²) in [5, 5.41) is 2.63. The molecule has 19 heavy (non-hydrogen) atoms. The molecule has 1 aromatic heterocycles. The zero-order valence-electron chi connectivity index (χ0n) is 10.5. The van der Waals surface area contributed by atoms with Gasteiger partial charge in [0.15, 0.2) is 16.4 Å². The first kappa shape index (κ1) is 13.7. The number of carbonyl (C=O) groups is 1. The molecular weight excluding hydrogens is 270 g/mol. The average molecular weight is 285 g/mol. The van der Waals surface area contributed by atoms with Crippen LogP contribution in [0, 0.1) is 6.92 Å². The molecule has 2 heterocycles. The minimum absolute atomic E-state index is 0.00531. The molecule has 1 fully saturated rings. The van der Waals surface area contributed by atoms with E-state index in [0.717, 1.165) is 5.69 Å². The number of aromatic nitrogens is 2. The van der Waals surface area contributed by atoms with E-state index in [9.17, 15) is 13.2 Å². The van der Waals surface area contributed by atoms with Gasteiger partial charge < -0.3 is 10.1 Å². The summed E-state index contributed by atoms with van der Waals surface area (Å²) in [4.78, 5) is 19.4. The van der Waals surface area contributed by atoms with Gasteiger partial charge in [-0.05, 0) is 13.3 Å². The highest BCUT2D eigenvalue weighted by Crippen LogP contribution is 2.11. The highest BCUT2D eigenvalue weighted by molar-refractivity contribution is 7.91. The standard InChI is InChI=1S/C11H15N3O4S/c1-8-4-11(13-7-12-8)18-5-10(15)14-9-2-3-19(16,17)6-9/h4,7,9H,2-3,5-6H2,1H3,(H,14,15). The van der Waals surface area contributed by atoms with Crippen LogP contribution in [-0.4, -0.2) is 48.4 Å². The minimum atomic E-state index is -2.99. The molecule has 1 amide bonds. The van der Waals surface area contributed by atoms with Crippen LogP contribution in [0.25, 0.3) is 0 Å². The van der Waals surface area contributed by atoms with Gasteiger partial charge in [-0.25, -0.2) is 18.4 Å². The Morgan fingerprint density at radius 2 is 2.32 bits per heavy atom. The van der Waals surface area contributed by atoms with Crippen molar-refractivity contribution in [2.75, 3.05) is 18.1 Å². The summed E-state index contributed by atoms with van der Waals surface area (Å²) in [7, 11) is -2.99. The molecule has 0 saturated carbocycles. The van der Waals surface area contributed by atoms with E-state index in [-0.39, 0.29) is 30.1 Å². The summed E-state index contributed by atoms with van der Waals surface area (Å²) >= 11 is 0. The second kappa shape index (κ2) is 5.52. The molecule has 1 aliphatic heterocycles. The van der Waals surface area contributed by atoms with Gasteiger partial charge in [0, 0.05) is 17.8 Å². The third kappa shape index (κ3) is 4.16. The molecule has 0 radical (unpaired) electrons. The summed E-state index contributed by atoms with van der Waals surface area (Å²) in [6, 6.07) is 1.31. The lowest BCUT2D eigenvalue weighted by Crippen LogP contribution is -2.38. The Morgan fingerprint density at radius 3 is 2.95 bits per heavy atom. The van der Waals surface area contributed by atoms with Crippen molar-refractivity contribution in [1.29, 1.82) is 0 Å². The van der Waals surface area contributed by atoms with Crippen LogP contribution in [-0.2, 0) is 14.6 Å². The first-order valence-electron chi connectivity index (χ1n) is 5.86. The zero-order valence-corrected chi connectivity index (χ0v) is 11.3. The Morgan fingerprint density at radius 1 is 1.53 bits per heavy atom. The number of hydrogen-bond donors (Lipinski definition) is 1. The molecule has 1 aliphatic rings. The minimum Gasteiger partial charge on any atom is -0.467 e. The Kier molecular flexibility index (Phi) is 3.98. The third-order valence-corrected chi connectivity index (χ3v) is 4.50. The van der Waals surface area contributed by atoms with Gasteiger partial charge in [0.25, 0.3) is 5.91 Å². The smallest absolute Gasteiger partial charge is 0.258 e. The number of sulfone groups is 1. The summed E-state index contributed by atoms with van der Waals surface area (Å²) in [6.07, 6.45) is 1.81. The van der Waals surface area contributed by atoms with Crippen molar-refractivity contribution in [3.05, 3.63) is 18.1 Å². The first-order valence-corrected chi connectivity index (χ1v) is 7.68. The fourth-order valence-electron chi connectivity index (χ4n) is 1.83. The lowest BCUT2D eigenvalue weighted by Gasteiger charge is -2.11. The van der Waals surface area contributed by atoms with Crippen molar-refractivity contribution in [3.8, 4) is 5.88 Å². The third-order valence-electron chi connectivity index (χ3n) is 2.73. The molecule has 1 unspecified atom stereocenters. The van der Waals surface area contributed by atoms with Crippen LogP contribution in [0.3, 0.4) is 0 Å². The van der Waals surface area contributed by atoms with Gasteiger partial charge in [-0.3, -0.25) is 4.79 Å². The van der Waals surface area contributed by atoms with Crippen molar-refractivity contribution < 1.29 is 17.9 Å². The van der Waals surface area contributed by atoms with Crippen molar-refractivity contribution in [1.82, 2.24) is 15.3 Å². The van der Waals surface area contributed by atoms with Gasteiger partial charge in [0.1, 0.15) is 6.33 Å². The van der Waals surface area contributed by atoms with Crippen LogP contribution in [0.5, 0.6) is 5.88 Å². The average Bonchev–Trinajstić information content (AvgIpc) is 2.66. The monoisotopic (exact) mass is 285 g/mol. The molecule has 7 nitrogen and oxygen atoms in total. The normalized spacial score (nSPS) is 21.0. The van der Waals surface area contributed by atoms with Crippen LogP contribution >= 0.6 is 0 Å². The van der Waals surface area contributed by atoms with Gasteiger partial charge in [-0.15, -0.1) is 0 Å². The molecule has 1 N–H and O–H groups in total. The molecule has 0 spiro atoms. The van der Waals surface area contributed by atoms with Gasteiger partial charge in [-0.2, -0.15) is 0 Å². The topological polar surface area (TPSA) is 98.2 Å². The lowest BCUT2D eigenvalue weighted by atomic mass is 10.2. The van der Waals surface area contributed by atoms with E-state index in [4.69, 9.17) is 4.74 Å². The Bertz CT molecular complexity index is 573. The molecule has 1 atom stereocenters. The van der Waals surface area contributed by atoms with Crippen LogP contribution in [0.15, 0.2) is 12.4 Å². The van der Waals surface area contributed by atoms with Crippen molar-refractivity contribution >= 4 is 15.7 Å². The van der Waals surface area contributed by atoms with Gasteiger partial charge in [0.2, 0.25) is 5.88 Å². The molecule has 1 aromatic rings. The van der Waals surface area contributed by atoms with Crippen molar-refractivity contribution in [2.45, 2.75) is 19.4 Å². The van der Waals surface area contributed by atoms with Crippen LogP contribution < -0.4 is 10.1 Å². The number of ether oxygens (including phenoxy) is 1. The highest BCUT2D eigenvalue weighted by Gasteiger charge is 2.28. The largest absolute Gasteiger partial charge is 0.467 e. The van der Waals surface area contributed by atoms with Crippen LogP contribution in [0.4, 0.5) is 0 Å². The molecule has 1 saturated heterocycles. The van der Waals surface area contributed by atoms with Crippen LogP contribution in [0.2, 0.25) is 0 Å². The molecule has 0 aliphatic carbocycles. The van der Waals surface area contributed by atoms with E-state index in [1.54, 1.807) is 13.0 Å². The fraction of sp³-hybridized carbons (Fsp3) is 0.545. The van der Waals surface area contributed by atoms with Crippen molar-refractivity contribution in [2.24, 2.45) is 0 Å². The first-order chi connectivity index (χ1) is 8.94. The molecule has 104 valence electrons. The number of amides is 1. The predicted molar refractivity (Wildman–Crippen MR) is 67.5 cm³/mol. The van der Waals surface area contributed by atoms with E-state index in [1.807, 2.05) is 0 Å². The number of rotatable bonds is 4. The summed E-state index contributed by atoms with van der Waals surface area (Å²) in [5.41, 5.74) is 0.743. The van der Waals surface area contributed by atoms with Gasteiger partial charge >= 0.3 is 0 Å². The maximum atomic E-state index is 11.6. The Balaban J connectivity index is 1.79. The summed E-state index contributed by atoms with van der Waals surface area (Å²) in [6.45, 7) is 1.60. The Hall–Kier alpha value is -1.70. The van der Waals surface area contributed by atoms with Crippen LogP contribution in [0.1, 0.15) is 12.1 Å². The molecule has 0 bridgehead atoms. The van der Waals surface area contributed by atoms with E-state index in [0.29, 0.717) is 12.3 Å². The number of nitrogens with zero attached hydrogens (tertiary/aromatic N) is 2. The maximum Gasteiger partial charge on any atom is 0.258 e. The molecule has 2 rings (SSSR count). The SMILES string of the molecule is Cc1cc(OCC(=O)NC2CCS(=O)(=O)C2)ncn1. The second-order valence-electron chi connectivity index (χ2n) is 4.45. The van der Waals surface area contributed by atoms with Gasteiger partial charge in [-0.1, -0.05) is 0 Å². The Labute approximate surface area is 111 Å². The van der Waals surface area contributed by atoms with Gasteiger partial charge in [0.05, 0.1) is 11.5 Å².